The molecule has 112 valence electrons. The highest BCUT2D eigenvalue weighted by atomic mass is 32.2. The van der Waals surface area contributed by atoms with E-state index in [1.165, 1.54) is 29.9 Å². The maximum absolute atomic E-state index is 12.2. The summed E-state index contributed by atoms with van der Waals surface area (Å²) < 4.78 is 28.1. The molecule has 0 atom stereocenters. The summed E-state index contributed by atoms with van der Waals surface area (Å²) in [6.45, 7) is 0. The third-order valence-electron chi connectivity index (χ3n) is 2.70. The van der Waals surface area contributed by atoms with Gasteiger partial charge < -0.3 is 5.32 Å². The van der Waals surface area contributed by atoms with E-state index in [9.17, 15) is 18.5 Å². The molecule has 9 nitrogen and oxygen atoms in total. The molecule has 1 aromatic carbocycles. The average molecular weight is 311 g/mol. The van der Waals surface area contributed by atoms with Gasteiger partial charge in [0.15, 0.2) is 5.82 Å². The van der Waals surface area contributed by atoms with Gasteiger partial charge in [0.05, 0.1) is 9.82 Å². The fourth-order valence-electron chi connectivity index (χ4n) is 1.71. The lowest BCUT2D eigenvalue weighted by atomic mass is 10.3. The molecule has 0 aliphatic rings. The van der Waals surface area contributed by atoms with Crippen LogP contribution in [0.1, 0.15) is 0 Å². The van der Waals surface area contributed by atoms with Crippen LogP contribution in [-0.4, -0.2) is 30.2 Å². The molecule has 1 aromatic heterocycles. The smallest absolute Gasteiger partial charge is 0.293 e. The van der Waals surface area contributed by atoms with Crippen molar-refractivity contribution in [2.45, 2.75) is 4.90 Å². The normalized spacial score (nSPS) is 11.1. The molecule has 0 fully saturated rings. The monoisotopic (exact) mass is 311 g/mol. The van der Waals surface area contributed by atoms with Crippen LogP contribution in [0.3, 0.4) is 0 Å². The molecular weight excluding hydrogens is 298 g/mol. The summed E-state index contributed by atoms with van der Waals surface area (Å²) in [6.07, 6.45) is 1.57. The van der Waals surface area contributed by atoms with Crippen molar-refractivity contribution < 1.29 is 13.3 Å². The first-order chi connectivity index (χ1) is 9.83. The molecule has 1 heterocycles. The summed E-state index contributed by atoms with van der Waals surface area (Å²) in [5.41, 5.74) is -0.0850. The lowest BCUT2D eigenvalue weighted by Gasteiger charge is -2.07. The van der Waals surface area contributed by atoms with Gasteiger partial charge in [0.1, 0.15) is 5.69 Å². The predicted molar refractivity (Wildman–Crippen MR) is 76.7 cm³/mol. The third kappa shape index (κ3) is 3.11. The van der Waals surface area contributed by atoms with Gasteiger partial charge in [0.25, 0.3) is 15.7 Å². The minimum absolute atomic E-state index is 0.137. The molecule has 2 N–H and O–H groups in total. The van der Waals surface area contributed by atoms with E-state index in [2.05, 4.69) is 15.1 Å². The Balaban J connectivity index is 2.40. The number of hydrogen-bond acceptors (Lipinski definition) is 6. The van der Waals surface area contributed by atoms with Gasteiger partial charge in [-0.2, -0.15) is 5.10 Å². The Morgan fingerprint density at radius 1 is 1.33 bits per heavy atom. The Kier molecular flexibility index (Phi) is 3.80. The maximum Gasteiger partial charge on any atom is 0.293 e. The van der Waals surface area contributed by atoms with Crippen molar-refractivity contribution in [1.82, 2.24) is 9.78 Å². The van der Waals surface area contributed by atoms with Crippen molar-refractivity contribution >= 4 is 27.2 Å². The molecule has 0 spiro atoms. The summed E-state index contributed by atoms with van der Waals surface area (Å²) in [5, 5.41) is 17.5. The van der Waals surface area contributed by atoms with E-state index in [1.54, 1.807) is 13.2 Å². The van der Waals surface area contributed by atoms with E-state index in [0.717, 1.165) is 6.07 Å². The van der Waals surface area contributed by atoms with Crippen LogP contribution in [0.15, 0.2) is 35.4 Å². The summed E-state index contributed by atoms with van der Waals surface area (Å²) >= 11 is 0. The number of anilines is 2. The standard InChI is InChI=1S/C11H13N5O4S/c1-12-9-4-3-8(7-10(9)16(17)18)21(19,20)14-11-5-6-15(2)13-11/h3-7,12H,1-2H3,(H,13,14). The van der Waals surface area contributed by atoms with E-state index in [4.69, 9.17) is 0 Å². The largest absolute Gasteiger partial charge is 0.383 e. The van der Waals surface area contributed by atoms with E-state index in [1.807, 2.05) is 0 Å². The number of rotatable bonds is 5. The van der Waals surface area contributed by atoms with E-state index >= 15 is 0 Å². The van der Waals surface area contributed by atoms with Crippen LogP contribution in [-0.2, 0) is 17.1 Å². The first-order valence-corrected chi connectivity index (χ1v) is 7.30. The Morgan fingerprint density at radius 3 is 2.57 bits per heavy atom. The maximum atomic E-state index is 12.2. The van der Waals surface area contributed by atoms with Crippen LogP contribution in [0.25, 0.3) is 0 Å². The fourth-order valence-corrected chi connectivity index (χ4v) is 2.72. The molecule has 0 aliphatic heterocycles. The summed E-state index contributed by atoms with van der Waals surface area (Å²) in [6, 6.07) is 5.10. The number of nitrogens with one attached hydrogen (secondary N) is 2. The van der Waals surface area contributed by atoms with Crippen molar-refractivity contribution in [3.05, 3.63) is 40.6 Å². The highest BCUT2D eigenvalue weighted by molar-refractivity contribution is 7.92. The van der Waals surface area contributed by atoms with Crippen LogP contribution < -0.4 is 10.0 Å². The topological polar surface area (TPSA) is 119 Å². The second kappa shape index (κ2) is 5.40. The van der Waals surface area contributed by atoms with Gasteiger partial charge in [0, 0.05) is 32.4 Å². The Bertz CT molecular complexity index is 784. The molecule has 10 heteroatoms. The molecule has 21 heavy (non-hydrogen) atoms. The lowest BCUT2D eigenvalue weighted by molar-refractivity contribution is -0.384. The van der Waals surface area contributed by atoms with Gasteiger partial charge >= 0.3 is 0 Å². The SMILES string of the molecule is CNc1ccc(S(=O)(=O)Nc2ccn(C)n2)cc1[N+](=O)[O-]. The quantitative estimate of drug-likeness (QED) is 0.632. The van der Waals surface area contributed by atoms with Crippen LogP contribution >= 0.6 is 0 Å². The van der Waals surface area contributed by atoms with E-state index < -0.39 is 14.9 Å². The highest BCUT2D eigenvalue weighted by Gasteiger charge is 2.21. The second-order valence-corrected chi connectivity index (χ2v) is 5.85. The fraction of sp³-hybridized carbons (Fsp3) is 0.182. The molecule has 2 rings (SSSR count). The van der Waals surface area contributed by atoms with Gasteiger partial charge in [-0.15, -0.1) is 0 Å². The van der Waals surface area contributed by atoms with Crippen molar-refractivity contribution in [3.63, 3.8) is 0 Å². The Hall–Kier alpha value is -2.62. The molecule has 0 amide bonds. The minimum atomic E-state index is -3.94. The van der Waals surface area contributed by atoms with Gasteiger partial charge in [-0.3, -0.25) is 19.5 Å². The third-order valence-corrected chi connectivity index (χ3v) is 4.05. The Labute approximate surface area is 120 Å². The van der Waals surface area contributed by atoms with Gasteiger partial charge in [-0.05, 0) is 12.1 Å². The number of benzene rings is 1. The van der Waals surface area contributed by atoms with Gasteiger partial charge in [-0.1, -0.05) is 0 Å². The Morgan fingerprint density at radius 2 is 2.05 bits per heavy atom. The number of sulfonamides is 1. The van der Waals surface area contributed by atoms with Gasteiger partial charge in [0.2, 0.25) is 0 Å². The summed E-state index contributed by atoms with van der Waals surface area (Å²) in [7, 11) is -0.779. The number of nitro benzene ring substituents is 1. The molecule has 0 saturated carbocycles. The second-order valence-electron chi connectivity index (χ2n) is 4.17. The van der Waals surface area contributed by atoms with Crippen LogP contribution in [0, 0.1) is 10.1 Å². The van der Waals surface area contributed by atoms with Gasteiger partial charge in [-0.25, -0.2) is 8.42 Å². The first kappa shape index (κ1) is 14.8. The summed E-state index contributed by atoms with van der Waals surface area (Å²) in [5.74, 6) is 0.137. The lowest BCUT2D eigenvalue weighted by Crippen LogP contribution is -2.14. The molecule has 2 aromatic rings. The first-order valence-electron chi connectivity index (χ1n) is 5.82. The predicted octanol–water partition coefficient (Wildman–Crippen LogP) is 1.17. The zero-order chi connectivity index (χ0) is 15.6. The molecular formula is C11H13N5O4S. The molecule has 0 unspecified atom stereocenters. The average Bonchev–Trinajstić information content (AvgIpc) is 2.82. The zero-order valence-corrected chi connectivity index (χ0v) is 12.1. The van der Waals surface area contributed by atoms with Crippen LogP contribution in [0.5, 0.6) is 0 Å². The van der Waals surface area contributed by atoms with E-state index in [-0.39, 0.29) is 22.1 Å². The minimum Gasteiger partial charge on any atom is -0.383 e. The van der Waals surface area contributed by atoms with Crippen molar-refractivity contribution in [1.29, 1.82) is 0 Å². The molecule has 0 radical (unpaired) electrons. The zero-order valence-electron chi connectivity index (χ0n) is 11.3. The molecule has 0 saturated heterocycles. The number of aromatic nitrogens is 2. The number of nitro groups is 1. The van der Waals surface area contributed by atoms with Crippen LogP contribution in [0.4, 0.5) is 17.2 Å². The van der Waals surface area contributed by atoms with Crippen LogP contribution in [0.2, 0.25) is 0 Å². The number of hydrogen-bond donors (Lipinski definition) is 2. The molecule has 0 aliphatic carbocycles. The summed E-state index contributed by atoms with van der Waals surface area (Å²) in [4.78, 5) is 10.1. The van der Waals surface area contributed by atoms with E-state index in [0.29, 0.717) is 0 Å². The van der Waals surface area contributed by atoms with Crippen molar-refractivity contribution in [2.75, 3.05) is 17.1 Å². The van der Waals surface area contributed by atoms with Crippen molar-refractivity contribution in [2.24, 2.45) is 7.05 Å². The molecule has 0 bridgehead atoms. The van der Waals surface area contributed by atoms with Crippen molar-refractivity contribution in [3.8, 4) is 0 Å². The number of nitrogens with zero attached hydrogens (tertiary/aromatic N) is 3. The number of aryl methyl sites for hydroxylation is 1. The highest BCUT2D eigenvalue weighted by Crippen LogP contribution is 2.27.